The molecule has 14 heavy (non-hydrogen) atoms. The maximum absolute atomic E-state index is 13.3. The number of pyridine rings is 1. The summed E-state index contributed by atoms with van der Waals surface area (Å²) in [5.74, 6) is -0.422. The van der Waals surface area contributed by atoms with Gasteiger partial charge in [-0.05, 0) is 37.3 Å². The molecular formula is C10H12ClFN2. The molecule has 0 spiro atoms. The van der Waals surface area contributed by atoms with Gasteiger partial charge in [0.05, 0.1) is 5.02 Å². The second-order valence-corrected chi connectivity index (χ2v) is 4.42. The average molecular weight is 215 g/mol. The van der Waals surface area contributed by atoms with E-state index in [0.717, 1.165) is 12.8 Å². The normalized spacial score (nSPS) is 18.2. The molecule has 4 heteroatoms. The predicted octanol–water partition coefficient (Wildman–Crippen LogP) is 2.16. The van der Waals surface area contributed by atoms with Gasteiger partial charge in [0.2, 0.25) is 5.95 Å². The molecule has 1 aliphatic rings. The lowest BCUT2D eigenvalue weighted by atomic mass is 9.98. The van der Waals surface area contributed by atoms with Gasteiger partial charge in [0.15, 0.2) is 0 Å². The predicted molar refractivity (Wildman–Crippen MR) is 53.6 cm³/mol. The monoisotopic (exact) mass is 214 g/mol. The van der Waals surface area contributed by atoms with E-state index < -0.39 is 5.95 Å². The van der Waals surface area contributed by atoms with Crippen molar-refractivity contribution in [2.75, 3.05) is 6.54 Å². The van der Waals surface area contributed by atoms with Gasteiger partial charge in [-0.25, -0.2) is 4.98 Å². The van der Waals surface area contributed by atoms with Crippen LogP contribution in [-0.4, -0.2) is 11.5 Å². The van der Waals surface area contributed by atoms with Crippen molar-refractivity contribution in [1.82, 2.24) is 4.98 Å². The first-order chi connectivity index (χ1) is 6.65. The zero-order valence-electron chi connectivity index (χ0n) is 7.76. The molecule has 1 fully saturated rings. The average Bonchev–Trinajstić information content (AvgIpc) is 2.92. The van der Waals surface area contributed by atoms with Gasteiger partial charge in [0, 0.05) is 11.8 Å². The molecule has 0 amide bonds. The molecule has 2 N–H and O–H groups in total. The maximum Gasteiger partial charge on any atom is 0.216 e. The summed E-state index contributed by atoms with van der Waals surface area (Å²) in [6.07, 6.45) is 4.14. The first-order valence-electron chi connectivity index (χ1n) is 4.65. The Morgan fingerprint density at radius 3 is 2.86 bits per heavy atom. The van der Waals surface area contributed by atoms with Gasteiger partial charge in [-0.15, -0.1) is 0 Å². The molecule has 2 nitrogen and oxygen atoms in total. The molecule has 1 aliphatic carbocycles. The molecule has 2 rings (SSSR count). The van der Waals surface area contributed by atoms with E-state index in [1.807, 2.05) is 0 Å². The highest BCUT2D eigenvalue weighted by atomic mass is 35.5. The molecule has 0 bridgehead atoms. The number of hydrogen-bond acceptors (Lipinski definition) is 2. The van der Waals surface area contributed by atoms with Crippen LogP contribution in [-0.2, 0) is 6.42 Å². The van der Waals surface area contributed by atoms with Crippen LogP contribution < -0.4 is 5.73 Å². The molecule has 0 aromatic carbocycles. The lowest BCUT2D eigenvalue weighted by Crippen LogP contribution is -2.18. The van der Waals surface area contributed by atoms with Gasteiger partial charge in [-0.3, -0.25) is 0 Å². The Hall–Kier alpha value is -0.670. The van der Waals surface area contributed by atoms with Crippen molar-refractivity contribution in [3.8, 4) is 0 Å². The van der Waals surface area contributed by atoms with Crippen molar-refractivity contribution < 1.29 is 4.39 Å². The van der Waals surface area contributed by atoms with E-state index >= 15 is 0 Å². The van der Waals surface area contributed by atoms with E-state index in [4.69, 9.17) is 17.3 Å². The van der Waals surface area contributed by atoms with Crippen LogP contribution in [0.15, 0.2) is 12.3 Å². The maximum atomic E-state index is 13.3. The molecule has 1 heterocycles. The van der Waals surface area contributed by atoms with Crippen LogP contribution in [0.25, 0.3) is 0 Å². The Bertz CT molecular complexity index is 350. The van der Waals surface area contributed by atoms with E-state index in [9.17, 15) is 4.39 Å². The summed E-state index contributed by atoms with van der Waals surface area (Å²) in [5, 5.41) is 0.481. The Kier molecular flexibility index (Phi) is 2.45. The van der Waals surface area contributed by atoms with Crippen molar-refractivity contribution in [3.05, 3.63) is 28.8 Å². The zero-order chi connectivity index (χ0) is 10.2. The third-order valence-corrected chi connectivity index (χ3v) is 3.04. The number of halogens is 2. The summed E-state index contributed by atoms with van der Waals surface area (Å²) in [6, 6.07) is 1.64. The number of rotatable bonds is 3. The smallest absolute Gasteiger partial charge is 0.216 e. The number of hydrogen-bond donors (Lipinski definition) is 1. The topological polar surface area (TPSA) is 38.9 Å². The second-order valence-electron chi connectivity index (χ2n) is 3.98. The Morgan fingerprint density at radius 1 is 1.57 bits per heavy atom. The largest absolute Gasteiger partial charge is 0.330 e. The third-order valence-electron chi connectivity index (χ3n) is 2.83. The van der Waals surface area contributed by atoms with Crippen LogP contribution in [0.1, 0.15) is 18.4 Å². The van der Waals surface area contributed by atoms with Crippen LogP contribution in [0.2, 0.25) is 5.02 Å². The van der Waals surface area contributed by atoms with Gasteiger partial charge >= 0.3 is 0 Å². The fourth-order valence-corrected chi connectivity index (χ4v) is 1.80. The molecule has 0 aliphatic heterocycles. The molecule has 1 aromatic rings. The highest BCUT2D eigenvalue weighted by Crippen LogP contribution is 2.47. The second kappa shape index (κ2) is 3.48. The van der Waals surface area contributed by atoms with Crippen molar-refractivity contribution >= 4 is 11.6 Å². The van der Waals surface area contributed by atoms with Crippen LogP contribution in [0.4, 0.5) is 4.39 Å². The van der Waals surface area contributed by atoms with Crippen molar-refractivity contribution in [2.24, 2.45) is 11.1 Å². The fourth-order valence-electron chi connectivity index (χ4n) is 1.62. The number of aromatic nitrogens is 1. The lowest BCUT2D eigenvalue weighted by Gasteiger charge is -2.12. The third kappa shape index (κ3) is 1.88. The quantitative estimate of drug-likeness (QED) is 0.784. The SMILES string of the molecule is NCC1(Cc2cc(Cl)cnc2F)CC1. The molecule has 0 unspecified atom stereocenters. The molecule has 0 atom stereocenters. The number of nitrogens with two attached hydrogens (primary N) is 1. The van der Waals surface area contributed by atoms with Gasteiger partial charge in [-0.1, -0.05) is 11.6 Å². The van der Waals surface area contributed by atoms with Gasteiger partial charge < -0.3 is 5.73 Å². The first-order valence-corrected chi connectivity index (χ1v) is 5.03. The lowest BCUT2D eigenvalue weighted by molar-refractivity contribution is 0.489. The molecule has 1 aromatic heterocycles. The van der Waals surface area contributed by atoms with Crippen molar-refractivity contribution in [2.45, 2.75) is 19.3 Å². The summed E-state index contributed by atoms with van der Waals surface area (Å²) in [5.41, 5.74) is 6.33. The van der Waals surface area contributed by atoms with E-state index in [1.54, 1.807) is 6.07 Å². The van der Waals surface area contributed by atoms with Crippen LogP contribution >= 0.6 is 11.6 Å². The summed E-state index contributed by atoms with van der Waals surface area (Å²) >= 11 is 5.75. The number of nitrogens with zero attached hydrogens (tertiary/aromatic N) is 1. The first kappa shape index (κ1) is 9.87. The van der Waals surface area contributed by atoms with Crippen molar-refractivity contribution in [1.29, 1.82) is 0 Å². The standard InChI is InChI=1S/C10H12ClFN2/c11-8-3-7(9(12)14-5-8)4-10(6-13)1-2-10/h3,5H,1-2,4,6,13H2. The van der Waals surface area contributed by atoms with E-state index in [2.05, 4.69) is 4.98 Å². The summed E-state index contributed by atoms with van der Waals surface area (Å²) in [4.78, 5) is 3.59. The highest BCUT2D eigenvalue weighted by Gasteiger charge is 2.41. The molecule has 0 radical (unpaired) electrons. The fraction of sp³-hybridized carbons (Fsp3) is 0.500. The molecular weight excluding hydrogens is 203 g/mol. The van der Waals surface area contributed by atoms with E-state index in [1.165, 1.54) is 6.20 Å². The molecule has 0 saturated heterocycles. The Balaban J connectivity index is 2.20. The summed E-state index contributed by atoms with van der Waals surface area (Å²) < 4.78 is 13.3. The molecule has 1 saturated carbocycles. The minimum absolute atomic E-state index is 0.118. The highest BCUT2D eigenvalue weighted by molar-refractivity contribution is 6.30. The van der Waals surface area contributed by atoms with E-state index in [-0.39, 0.29) is 5.41 Å². The Morgan fingerprint density at radius 2 is 2.29 bits per heavy atom. The minimum atomic E-state index is -0.422. The summed E-state index contributed by atoms with van der Waals surface area (Å²) in [6.45, 7) is 0.610. The zero-order valence-corrected chi connectivity index (χ0v) is 8.52. The van der Waals surface area contributed by atoms with Crippen LogP contribution in [0.3, 0.4) is 0 Å². The van der Waals surface area contributed by atoms with Gasteiger partial charge in [0.1, 0.15) is 0 Å². The minimum Gasteiger partial charge on any atom is -0.330 e. The van der Waals surface area contributed by atoms with Crippen LogP contribution in [0.5, 0.6) is 0 Å². The molecule has 76 valence electrons. The van der Waals surface area contributed by atoms with Gasteiger partial charge in [-0.2, -0.15) is 4.39 Å². The van der Waals surface area contributed by atoms with Gasteiger partial charge in [0.25, 0.3) is 0 Å². The summed E-state index contributed by atoms with van der Waals surface area (Å²) in [7, 11) is 0. The van der Waals surface area contributed by atoms with Crippen molar-refractivity contribution in [3.63, 3.8) is 0 Å². The van der Waals surface area contributed by atoms with Crippen LogP contribution in [0, 0.1) is 11.4 Å². The Labute approximate surface area is 87.3 Å². The van der Waals surface area contributed by atoms with E-state index in [0.29, 0.717) is 23.6 Å².